The molecule has 0 heterocycles. The maximum atomic E-state index is 7.22. The fraction of sp³-hybridized carbons (Fsp3) is 0.118. The minimum Gasteiger partial charge on any atom is -0.321 e. The SMILES string of the molecule is NC1(c2cccc3ccccc23)CCc2c(ccc3c2cc(-c2ccccc2)c2ccccc23)C1. The Labute approximate surface area is 205 Å². The van der Waals surface area contributed by atoms with Crippen LogP contribution in [0.2, 0.25) is 0 Å². The van der Waals surface area contributed by atoms with Crippen molar-refractivity contribution in [3.8, 4) is 11.1 Å². The van der Waals surface area contributed by atoms with E-state index in [0.29, 0.717) is 0 Å². The zero-order valence-corrected chi connectivity index (χ0v) is 19.7. The lowest BCUT2D eigenvalue weighted by atomic mass is 9.72. The van der Waals surface area contributed by atoms with Crippen LogP contribution in [0.5, 0.6) is 0 Å². The largest absolute Gasteiger partial charge is 0.321 e. The van der Waals surface area contributed by atoms with Gasteiger partial charge in [-0.1, -0.05) is 109 Å². The molecule has 0 fully saturated rings. The van der Waals surface area contributed by atoms with Crippen molar-refractivity contribution in [2.45, 2.75) is 24.8 Å². The first-order chi connectivity index (χ1) is 17.2. The zero-order chi connectivity index (χ0) is 23.4. The van der Waals surface area contributed by atoms with Crippen LogP contribution in [0.3, 0.4) is 0 Å². The predicted molar refractivity (Wildman–Crippen MR) is 149 cm³/mol. The maximum Gasteiger partial charge on any atom is 0.0459 e. The van der Waals surface area contributed by atoms with Gasteiger partial charge in [0.1, 0.15) is 0 Å². The fourth-order valence-electron chi connectivity index (χ4n) is 6.27. The molecular weight excluding hydrogens is 422 g/mol. The van der Waals surface area contributed by atoms with Crippen LogP contribution in [0.4, 0.5) is 0 Å². The monoisotopic (exact) mass is 449 g/mol. The molecule has 0 bridgehead atoms. The molecule has 0 radical (unpaired) electrons. The Kier molecular flexibility index (Phi) is 4.55. The van der Waals surface area contributed by atoms with E-state index in [-0.39, 0.29) is 5.54 Å². The van der Waals surface area contributed by atoms with E-state index in [0.717, 1.165) is 19.3 Å². The molecule has 0 aliphatic heterocycles. The Morgan fingerprint density at radius 2 is 1.26 bits per heavy atom. The highest BCUT2D eigenvalue weighted by molar-refractivity contribution is 6.14. The quantitative estimate of drug-likeness (QED) is 0.265. The Hall–Kier alpha value is -3.94. The lowest BCUT2D eigenvalue weighted by Crippen LogP contribution is -2.42. The number of fused-ring (bicyclic) bond motifs is 6. The smallest absolute Gasteiger partial charge is 0.0459 e. The number of rotatable bonds is 2. The van der Waals surface area contributed by atoms with Crippen molar-refractivity contribution in [3.63, 3.8) is 0 Å². The van der Waals surface area contributed by atoms with Crippen LogP contribution in [-0.4, -0.2) is 0 Å². The summed E-state index contributed by atoms with van der Waals surface area (Å²) >= 11 is 0. The van der Waals surface area contributed by atoms with Crippen molar-refractivity contribution in [2.75, 3.05) is 0 Å². The molecule has 35 heavy (non-hydrogen) atoms. The van der Waals surface area contributed by atoms with Gasteiger partial charge in [0.25, 0.3) is 0 Å². The zero-order valence-electron chi connectivity index (χ0n) is 19.7. The van der Waals surface area contributed by atoms with E-state index in [9.17, 15) is 0 Å². The number of hydrogen-bond acceptors (Lipinski definition) is 1. The highest BCUT2D eigenvalue weighted by Gasteiger charge is 2.34. The van der Waals surface area contributed by atoms with Crippen LogP contribution in [0, 0.1) is 0 Å². The summed E-state index contributed by atoms with van der Waals surface area (Å²) in [7, 11) is 0. The molecule has 6 aromatic rings. The third-order valence-electron chi connectivity index (χ3n) is 7.99. The lowest BCUT2D eigenvalue weighted by molar-refractivity contribution is 0.389. The minimum atomic E-state index is -0.360. The molecule has 1 unspecified atom stereocenters. The van der Waals surface area contributed by atoms with E-state index in [4.69, 9.17) is 5.73 Å². The lowest BCUT2D eigenvalue weighted by Gasteiger charge is -2.37. The van der Waals surface area contributed by atoms with Gasteiger partial charge in [-0.05, 0) is 85.5 Å². The van der Waals surface area contributed by atoms with Crippen molar-refractivity contribution in [3.05, 3.63) is 132 Å². The first kappa shape index (κ1) is 20.4. The molecule has 0 saturated heterocycles. The molecule has 0 amide bonds. The van der Waals surface area contributed by atoms with Gasteiger partial charge in [0.2, 0.25) is 0 Å². The number of aryl methyl sites for hydroxylation is 1. The molecule has 1 atom stereocenters. The summed E-state index contributed by atoms with van der Waals surface area (Å²) in [6, 6.07) is 41.9. The van der Waals surface area contributed by atoms with Crippen molar-refractivity contribution < 1.29 is 0 Å². The molecule has 0 saturated carbocycles. The molecule has 168 valence electrons. The second kappa shape index (κ2) is 7.80. The normalized spacial score (nSPS) is 17.6. The highest BCUT2D eigenvalue weighted by atomic mass is 14.7. The summed E-state index contributed by atoms with van der Waals surface area (Å²) in [5, 5.41) is 7.89. The van der Waals surface area contributed by atoms with Crippen molar-refractivity contribution >= 4 is 32.3 Å². The second-order valence-electron chi connectivity index (χ2n) is 9.99. The van der Waals surface area contributed by atoms with E-state index in [2.05, 4.69) is 115 Å². The molecule has 7 rings (SSSR count). The summed E-state index contributed by atoms with van der Waals surface area (Å²) in [4.78, 5) is 0. The minimum absolute atomic E-state index is 0.360. The van der Waals surface area contributed by atoms with Gasteiger partial charge in [0.15, 0.2) is 0 Å². The van der Waals surface area contributed by atoms with E-state index in [1.165, 1.54) is 60.1 Å². The number of hydrogen-bond donors (Lipinski definition) is 1. The van der Waals surface area contributed by atoms with Crippen molar-refractivity contribution in [2.24, 2.45) is 5.73 Å². The first-order valence-corrected chi connectivity index (χ1v) is 12.5. The second-order valence-corrected chi connectivity index (χ2v) is 9.99. The number of nitrogens with two attached hydrogens (primary N) is 1. The van der Waals surface area contributed by atoms with Gasteiger partial charge < -0.3 is 5.73 Å². The van der Waals surface area contributed by atoms with Crippen LogP contribution in [0.25, 0.3) is 43.4 Å². The van der Waals surface area contributed by atoms with Crippen molar-refractivity contribution in [1.29, 1.82) is 0 Å². The summed E-state index contributed by atoms with van der Waals surface area (Å²) in [6.45, 7) is 0. The maximum absolute atomic E-state index is 7.22. The third-order valence-corrected chi connectivity index (χ3v) is 7.99. The van der Waals surface area contributed by atoms with Crippen LogP contribution < -0.4 is 5.73 Å². The molecule has 1 heteroatoms. The summed E-state index contributed by atoms with van der Waals surface area (Å²) in [5.41, 5.74) is 13.5. The van der Waals surface area contributed by atoms with Crippen LogP contribution in [-0.2, 0) is 18.4 Å². The van der Waals surface area contributed by atoms with Crippen molar-refractivity contribution in [1.82, 2.24) is 0 Å². The van der Waals surface area contributed by atoms with Gasteiger partial charge >= 0.3 is 0 Å². The third kappa shape index (κ3) is 3.20. The van der Waals surface area contributed by atoms with Crippen LogP contribution in [0.15, 0.2) is 115 Å². The van der Waals surface area contributed by atoms with E-state index < -0.39 is 0 Å². The average Bonchev–Trinajstić information content (AvgIpc) is 2.92. The van der Waals surface area contributed by atoms with Gasteiger partial charge in [-0.3, -0.25) is 0 Å². The fourth-order valence-corrected chi connectivity index (χ4v) is 6.27. The van der Waals surface area contributed by atoms with Gasteiger partial charge in [-0.15, -0.1) is 0 Å². The predicted octanol–water partition coefficient (Wildman–Crippen LogP) is 8.16. The van der Waals surface area contributed by atoms with Gasteiger partial charge in [0.05, 0.1) is 0 Å². The topological polar surface area (TPSA) is 26.0 Å². The summed E-state index contributed by atoms with van der Waals surface area (Å²) in [6.07, 6.45) is 2.79. The molecule has 1 aliphatic rings. The van der Waals surface area contributed by atoms with Crippen LogP contribution >= 0.6 is 0 Å². The molecule has 2 N–H and O–H groups in total. The summed E-state index contributed by atoms with van der Waals surface area (Å²) < 4.78 is 0. The van der Waals surface area contributed by atoms with E-state index in [1.54, 1.807) is 0 Å². The standard InChI is InChI=1S/C34H27N/c35-34(33-16-8-12-23-11-4-5-13-27(23)33)20-19-26-25(22-34)17-18-30-28-14-6-7-15-29(28)31(21-32(26)30)24-9-2-1-3-10-24/h1-18,21H,19-20,22,35H2. The van der Waals surface area contributed by atoms with Crippen LogP contribution in [0.1, 0.15) is 23.1 Å². The Bertz CT molecular complexity index is 1730. The molecule has 0 aromatic heterocycles. The van der Waals surface area contributed by atoms with E-state index in [1.807, 2.05) is 0 Å². The van der Waals surface area contributed by atoms with Gasteiger partial charge in [0, 0.05) is 5.54 Å². The Morgan fingerprint density at radius 1 is 0.571 bits per heavy atom. The molecule has 1 aliphatic carbocycles. The van der Waals surface area contributed by atoms with Gasteiger partial charge in [-0.2, -0.15) is 0 Å². The Morgan fingerprint density at radius 3 is 2.11 bits per heavy atom. The number of benzene rings is 6. The average molecular weight is 450 g/mol. The molecule has 1 nitrogen and oxygen atoms in total. The molecule has 0 spiro atoms. The van der Waals surface area contributed by atoms with Gasteiger partial charge in [-0.25, -0.2) is 0 Å². The van der Waals surface area contributed by atoms with E-state index >= 15 is 0 Å². The molecule has 6 aromatic carbocycles. The highest BCUT2D eigenvalue weighted by Crippen LogP contribution is 2.43. The Balaban J connectivity index is 1.43. The summed E-state index contributed by atoms with van der Waals surface area (Å²) in [5.74, 6) is 0. The molecular formula is C34H27N. The first-order valence-electron chi connectivity index (χ1n) is 12.5.